The molecule has 0 aliphatic carbocycles. The van der Waals surface area contributed by atoms with E-state index in [0.717, 1.165) is 29.2 Å². The lowest BCUT2D eigenvalue weighted by Gasteiger charge is -2.06. The quantitative estimate of drug-likeness (QED) is 0.577. The van der Waals surface area contributed by atoms with Crippen LogP contribution in [-0.4, -0.2) is 34.2 Å². The third-order valence-corrected chi connectivity index (χ3v) is 4.48. The summed E-state index contributed by atoms with van der Waals surface area (Å²) in [7, 11) is 0. The van der Waals surface area contributed by atoms with Gasteiger partial charge in [0.2, 0.25) is 0 Å². The highest BCUT2D eigenvalue weighted by atomic mass is 32.1. The van der Waals surface area contributed by atoms with E-state index in [-0.39, 0.29) is 5.91 Å². The van der Waals surface area contributed by atoms with E-state index in [1.807, 2.05) is 18.2 Å². The van der Waals surface area contributed by atoms with E-state index >= 15 is 0 Å². The van der Waals surface area contributed by atoms with Gasteiger partial charge in [0.05, 0.1) is 16.3 Å². The van der Waals surface area contributed by atoms with Crippen molar-refractivity contribution < 1.29 is 4.79 Å². The monoisotopic (exact) mass is 341 g/mol. The second-order valence-corrected chi connectivity index (χ2v) is 6.64. The standard InChI is InChI=1S/C17H19N5OS/c1-12-5-6-16(24-12)14-10-15(22-21-14)17(23)20-9-3-8-19-13-4-2-7-18-11-13/h2,4-7,10-11,19H,3,8-9H2,1H3,(H,20,23)(H,21,22). The Kier molecular flexibility index (Phi) is 5.22. The van der Waals surface area contributed by atoms with Crippen molar-refractivity contribution in [3.05, 3.63) is 53.3 Å². The van der Waals surface area contributed by atoms with Gasteiger partial charge in [0.15, 0.2) is 5.69 Å². The lowest BCUT2D eigenvalue weighted by Crippen LogP contribution is -2.26. The minimum Gasteiger partial charge on any atom is -0.384 e. The molecule has 3 aromatic heterocycles. The van der Waals surface area contributed by atoms with Crippen LogP contribution < -0.4 is 10.6 Å². The Labute approximate surface area is 144 Å². The number of nitrogens with zero attached hydrogens (tertiary/aromatic N) is 2. The summed E-state index contributed by atoms with van der Waals surface area (Å²) in [5.41, 5.74) is 2.26. The lowest BCUT2D eigenvalue weighted by atomic mass is 10.3. The van der Waals surface area contributed by atoms with E-state index < -0.39 is 0 Å². The minimum absolute atomic E-state index is 0.160. The van der Waals surface area contributed by atoms with Crippen LogP contribution >= 0.6 is 11.3 Å². The van der Waals surface area contributed by atoms with Gasteiger partial charge in [-0.1, -0.05) is 0 Å². The van der Waals surface area contributed by atoms with Gasteiger partial charge in [0, 0.05) is 30.4 Å². The summed E-state index contributed by atoms with van der Waals surface area (Å²) in [5.74, 6) is -0.160. The predicted octanol–water partition coefficient (Wildman–Crippen LogP) is 3.07. The van der Waals surface area contributed by atoms with Gasteiger partial charge in [-0.15, -0.1) is 11.3 Å². The summed E-state index contributed by atoms with van der Waals surface area (Å²) in [5, 5.41) is 13.1. The van der Waals surface area contributed by atoms with E-state index in [9.17, 15) is 4.79 Å². The number of carbonyl (C=O) groups is 1. The van der Waals surface area contributed by atoms with Gasteiger partial charge in [0.1, 0.15) is 0 Å². The maximum absolute atomic E-state index is 12.1. The number of amides is 1. The maximum Gasteiger partial charge on any atom is 0.271 e. The van der Waals surface area contributed by atoms with Crippen LogP contribution in [0.15, 0.2) is 42.7 Å². The molecule has 24 heavy (non-hydrogen) atoms. The number of nitrogens with one attached hydrogen (secondary N) is 3. The summed E-state index contributed by atoms with van der Waals surface area (Å²) >= 11 is 1.67. The van der Waals surface area contributed by atoms with E-state index in [0.29, 0.717) is 12.2 Å². The Morgan fingerprint density at radius 3 is 2.96 bits per heavy atom. The number of carbonyl (C=O) groups excluding carboxylic acids is 1. The molecule has 124 valence electrons. The topological polar surface area (TPSA) is 82.7 Å². The van der Waals surface area contributed by atoms with Crippen molar-refractivity contribution >= 4 is 22.9 Å². The van der Waals surface area contributed by atoms with E-state index in [4.69, 9.17) is 0 Å². The number of pyridine rings is 1. The molecule has 7 heteroatoms. The predicted molar refractivity (Wildman–Crippen MR) is 96.3 cm³/mol. The summed E-state index contributed by atoms with van der Waals surface area (Å²) in [4.78, 5) is 18.5. The first-order valence-electron chi connectivity index (χ1n) is 7.77. The molecule has 0 radical (unpaired) electrons. The first-order valence-corrected chi connectivity index (χ1v) is 8.58. The van der Waals surface area contributed by atoms with Gasteiger partial charge in [-0.3, -0.25) is 14.9 Å². The SMILES string of the molecule is Cc1ccc(-c2cc(C(=O)NCCCNc3cccnc3)n[nH]2)s1. The number of hydrogen-bond donors (Lipinski definition) is 3. The second kappa shape index (κ2) is 7.74. The maximum atomic E-state index is 12.1. The van der Waals surface area contributed by atoms with Crippen molar-refractivity contribution in [2.45, 2.75) is 13.3 Å². The van der Waals surface area contributed by atoms with Gasteiger partial charge in [0.25, 0.3) is 5.91 Å². The van der Waals surface area contributed by atoms with Gasteiger partial charge in [-0.25, -0.2) is 0 Å². The van der Waals surface area contributed by atoms with Crippen LogP contribution in [0.1, 0.15) is 21.8 Å². The Balaban J connectivity index is 1.43. The number of thiophene rings is 1. The van der Waals surface area contributed by atoms with Crippen LogP contribution in [0.25, 0.3) is 10.6 Å². The molecule has 1 amide bonds. The van der Waals surface area contributed by atoms with Crippen LogP contribution in [-0.2, 0) is 0 Å². The number of aromatic nitrogens is 3. The van der Waals surface area contributed by atoms with Crippen LogP contribution in [0, 0.1) is 6.92 Å². The number of aryl methyl sites for hydroxylation is 1. The van der Waals surface area contributed by atoms with Crippen LogP contribution in [0.3, 0.4) is 0 Å². The third kappa shape index (κ3) is 4.20. The van der Waals surface area contributed by atoms with Gasteiger partial charge < -0.3 is 10.6 Å². The van der Waals surface area contributed by atoms with E-state index in [1.54, 1.807) is 29.8 Å². The minimum atomic E-state index is -0.160. The molecule has 0 saturated heterocycles. The fraction of sp³-hybridized carbons (Fsp3) is 0.235. The smallest absolute Gasteiger partial charge is 0.271 e. The molecule has 0 spiro atoms. The fourth-order valence-corrected chi connectivity index (χ4v) is 3.06. The molecule has 3 rings (SSSR count). The first kappa shape index (κ1) is 16.2. The molecule has 0 fully saturated rings. The number of hydrogen-bond acceptors (Lipinski definition) is 5. The number of H-pyrrole nitrogens is 1. The molecule has 0 saturated carbocycles. The zero-order valence-corrected chi connectivity index (χ0v) is 14.2. The van der Waals surface area contributed by atoms with Gasteiger partial charge >= 0.3 is 0 Å². The highest BCUT2D eigenvalue weighted by Gasteiger charge is 2.11. The van der Waals surface area contributed by atoms with Crippen molar-refractivity contribution in [2.75, 3.05) is 18.4 Å². The lowest BCUT2D eigenvalue weighted by molar-refractivity contribution is 0.0948. The number of anilines is 1. The normalized spacial score (nSPS) is 10.5. The summed E-state index contributed by atoms with van der Waals surface area (Å²) in [6.07, 6.45) is 4.33. The molecule has 6 nitrogen and oxygen atoms in total. The molecule has 0 unspecified atom stereocenters. The highest BCUT2D eigenvalue weighted by Crippen LogP contribution is 2.26. The molecule has 0 aliphatic rings. The molecule has 3 aromatic rings. The fourth-order valence-electron chi connectivity index (χ4n) is 2.22. The van der Waals surface area contributed by atoms with E-state index in [1.165, 1.54) is 4.88 Å². The zero-order chi connectivity index (χ0) is 16.8. The number of aromatic amines is 1. The molecular formula is C17H19N5OS. The molecule has 3 heterocycles. The number of rotatable bonds is 7. The summed E-state index contributed by atoms with van der Waals surface area (Å²) in [6, 6.07) is 9.71. The summed E-state index contributed by atoms with van der Waals surface area (Å²) in [6.45, 7) is 3.41. The second-order valence-electron chi connectivity index (χ2n) is 5.36. The van der Waals surface area contributed by atoms with Crippen LogP contribution in [0.5, 0.6) is 0 Å². The first-order chi connectivity index (χ1) is 11.7. The van der Waals surface area contributed by atoms with Crippen molar-refractivity contribution in [3.8, 4) is 10.6 Å². The van der Waals surface area contributed by atoms with Crippen molar-refractivity contribution in [2.24, 2.45) is 0 Å². The Morgan fingerprint density at radius 1 is 1.29 bits per heavy atom. The Bertz CT molecular complexity index is 796. The van der Waals surface area contributed by atoms with Crippen molar-refractivity contribution in [1.82, 2.24) is 20.5 Å². The highest BCUT2D eigenvalue weighted by molar-refractivity contribution is 7.15. The molecule has 3 N–H and O–H groups in total. The van der Waals surface area contributed by atoms with E-state index in [2.05, 4.69) is 38.8 Å². The average molecular weight is 341 g/mol. The van der Waals surface area contributed by atoms with Crippen LogP contribution in [0.4, 0.5) is 5.69 Å². The molecule has 0 aliphatic heterocycles. The van der Waals surface area contributed by atoms with Gasteiger partial charge in [-0.05, 0) is 43.7 Å². The average Bonchev–Trinajstić information content (AvgIpc) is 3.24. The third-order valence-electron chi connectivity index (χ3n) is 3.45. The van der Waals surface area contributed by atoms with Gasteiger partial charge in [-0.2, -0.15) is 5.10 Å². The van der Waals surface area contributed by atoms with Crippen LogP contribution in [0.2, 0.25) is 0 Å². The van der Waals surface area contributed by atoms with Crippen molar-refractivity contribution in [1.29, 1.82) is 0 Å². The molecule has 0 bridgehead atoms. The van der Waals surface area contributed by atoms with Crippen molar-refractivity contribution in [3.63, 3.8) is 0 Å². The largest absolute Gasteiger partial charge is 0.384 e. The molecule has 0 atom stereocenters. The molecular weight excluding hydrogens is 322 g/mol. The Morgan fingerprint density at radius 2 is 2.21 bits per heavy atom. The zero-order valence-electron chi connectivity index (χ0n) is 13.4. The molecule has 0 aromatic carbocycles. The Hall–Kier alpha value is -2.67. The summed E-state index contributed by atoms with van der Waals surface area (Å²) < 4.78 is 0.